The highest BCUT2D eigenvalue weighted by molar-refractivity contribution is 5.41. The van der Waals surface area contributed by atoms with Gasteiger partial charge < -0.3 is 4.74 Å². The van der Waals surface area contributed by atoms with E-state index in [4.69, 9.17) is 4.74 Å². The summed E-state index contributed by atoms with van der Waals surface area (Å²) in [7, 11) is 1.64. The van der Waals surface area contributed by atoms with Gasteiger partial charge in [0, 0.05) is 18.9 Å². The molecule has 1 nitrogen and oxygen atoms in total. The van der Waals surface area contributed by atoms with Gasteiger partial charge in [0.2, 0.25) is 0 Å². The summed E-state index contributed by atoms with van der Waals surface area (Å²) in [5, 5.41) is 0. The molecule has 2 aromatic rings. The first-order valence-corrected chi connectivity index (χ1v) is 6.77. The van der Waals surface area contributed by atoms with Crippen LogP contribution in [-0.4, -0.2) is 13.2 Å². The van der Waals surface area contributed by atoms with Crippen molar-refractivity contribution in [3.63, 3.8) is 0 Å². The maximum atomic E-state index is 12.6. The molecule has 4 heteroatoms. The molecule has 0 bridgehead atoms. The predicted octanol–water partition coefficient (Wildman–Crippen LogP) is 4.60. The number of ether oxygens (including phenoxy) is 1. The van der Waals surface area contributed by atoms with Crippen molar-refractivity contribution in [3.05, 3.63) is 71.3 Å². The molecule has 0 saturated heterocycles. The van der Waals surface area contributed by atoms with E-state index in [-0.39, 0.29) is 17.9 Å². The van der Waals surface area contributed by atoms with E-state index in [1.807, 2.05) is 30.3 Å². The zero-order chi connectivity index (χ0) is 15.0. The van der Waals surface area contributed by atoms with Crippen LogP contribution >= 0.6 is 0 Å². The molecule has 0 N–H and O–H groups in total. The summed E-state index contributed by atoms with van der Waals surface area (Å²) in [6.45, 7) is 0. The molecule has 0 amide bonds. The molecule has 1 aliphatic carbocycles. The van der Waals surface area contributed by atoms with Crippen molar-refractivity contribution in [1.29, 1.82) is 0 Å². The van der Waals surface area contributed by atoms with E-state index in [2.05, 4.69) is 0 Å². The Labute approximate surface area is 121 Å². The molecule has 3 rings (SSSR count). The zero-order valence-corrected chi connectivity index (χ0v) is 11.5. The van der Waals surface area contributed by atoms with Gasteiger partial charge in [0.05, 0.1) is 11.7 Å². The molecule has 1 unspecified atom stereocenters. The number of rotatable bonds is 3. The van der Waals surface area contributed by atoms with Gasteiger partial charge in [-0.3, -0.25) is 0 Å². The van der Waals surface area contributed by atoms with Crippen LogP contribution in [0.25, 0.3) is 0 Å². The van der Waals surface area contributed by atoms with Gasteiger partial charge in [-0.15, -0.1) is 0 Å². The van der Waals surface area contributed by atoms with E-state index in [0.717, 1.165) is 23.3 Å². The van der Waals surface area contributed by atoms with Gasteiger partial charge in [0.1, 0.15) is 0 Å². The van der Waals surface area contributed by atoms with E-state index in [0.29, 0.717) is 0 Å². The van der Waals surface area contributed by atoms with Gasteiger partial charge in [-0.1, -0.05) is 42.5 Å². The number of hydrogen-bond donors (Lipinski definition) is 0. The molecule has 0 radical (unpaired) electrons. The minimum Gasteiger partial charge on any atom is -0.380 e. The van der Waals surface area contributed by atoms with E-state index in [1.54, 1.807) is 19.2 Å². The lowest BCUT2D eigenvalue weighted by atomic mass is 10.0. The minimum absolute atomic E-state index is 0.0316. The van der Waals surface area contributed by atoms with Crippen LogP contribution in [0.1, 0.15) is 28.5 Å². The average molecular weight is 292 g/mol. The van der Waals surface area contributed by atoms with Crippen LogP contribution in [-0.2, 0) is 10.9 Å². The smallest absolute Gasteiger partial charge is 0.380 e. The Hall–Kier alpha value is -1.81. The van der Waals surface area contributed by atoms with Crippen LogP contribution in [0.5, 0.6) is 0 Å². The summed E-state index contributed by atoms with van der Waals surface area (Å²) >= 11 is 0. The molecule has 0 aliphatic heterocycles. The van der Waals surface area contributed by atoms with Gasteiger partial charge in [-0.05, 0) is 23.3 Å². The van der Waals surface area contributed by atoms with E-state index in [9.17, 15) is 13.2 Å². The van der Waals surface area contributed by atoms with Crippen LogP contribution in [0.15, 0.2) is 54.6 Å². The standard InChI is InChI=1S/C17H15F3O/c1-21-16-14(11-5-3-2-4-6-11)15(16)12-7-9-13(10-8-12)17(18,19)20/h2-10,14-16H,1H3/t14-,15-,16?/m0/s1. The Morgan fingerprint density at radius 3 is 1.81 bits per heavy atom. The molecule has 110 valence electrons. The largest absolute Gasteiger partial charge is 0.416 e. The monoisotopic (exact) mass is 292 g/mol. The Kier molecular flexibility index (Phi) is 3.49. The lowest BCUT2D eigenvalue weighted by molar-refractivity contribution is -0.137. The first kappa shape index (κ1) is 14.1. The van der Waals surface area contributed by atoms with E-state index in [1.165, 1.54) is 0 Å². The SMILES string of the molecule is COC1[C@@H](c2ccccc2)[C@@H]1c1ccc(C(F)(F)F)cc1. The van der Waals surface area contributed by atoms with Crippen LogP contribution in [0.3, 0.4) is 0 Å². The average Bonchev–Trinajstić information content (AvgIpc) is 3.22. The molecule has 3 atom stereocenters. The van der Waals surface area contributed by atoms with Crippen molar-refractivity contribution in [2.24, 2.45) is 0 Å². The number of benzene rings is 2. The second-order valence-corrected chi connectivity index (χ2v) is 5.28. The number of methoxy groups -OCH3 is 1. The van der Waals surface area contributed by atoms with E-state index >= 15 is 0 Å². The molecule has 1 saturated carbocycles. The molecular formula is C17H15F3O. The maximum Gasteiger partial charge on any atom is 0.416 e. The molecular weight excluding hydrogens is 277 g/mol. The van der Waals surface area contributed by atoms with Crippen molar-refractivity contribution >= 4 is 0 Å². The third-order valence-corrected chi connectivity index (χ3v) is 4.03. The molecule has 0 spiro atoms. The third-order valence-electron chi connectivity index (χ3n) is 4.03. The summed E-state index contributed by atoms with van der Waals surface area (Å²) < 4.78 is 43.3. The van der Waals surface area contributed by atoms with Crippen LogP contribution < -0.4 is 0 Å². The Bertz CT molecular complexity index is 604. The van der Waals surface area contributed by atoms with Crippen LogP contribution in [0.2, 0.25) is 0 Å². The summed E-state index contributed by atoms with van der Waals surface area (Å²) in [5.74, 6) is 0.340. The van der Waals surface area contributed by atoms with Crippen molar-refractivity contribution in [2.75, 3.05) is 7.11 Å². The summed E-state index contributed by atoms with van der Waals surface area (Å²) in [6.07, 6.45) is -4.26. The topological polar surface area (TPSA) is 9.23 Å². The van der Waals surface area contributed by atoms with Crippen LogP contribution in [0, 0.1) is 0 Å². The predicted molar refractivity (Wildman–Crippen MR) is 74.2 cm³/mol. The summed E-state index contributed by atoms with van der Waals surface area (Å²) in [4.78, 5) is 0. The van der Waals surface area contributed by atoms with Gasteiger partial charge in [0.25, 0.3) is 0 Å². The lowest BCUT2D eigenvalue weighted by Crippen LogP contribution is -2.04. The highest BCUT2D eigenvalue weighted by Gasteiger charge is 2.52. The fourth-order valence-corrected chi connectivity index (χ4v) is 2.94. The quantitative estimate of drug-likeness (QED) is 0.803. The molecule has 2 aromatic carbocycles. The Morgan fingerprint density at radius 2 is 1.33 bits per heavy atom. The fourth-order valence-electron chi connectivity index (χ4n) is 2.94. The molecule has 21 heavy (non-hydrogen) atoms. The number of halogens is 3. The first-order valence-electron chi connectivity index (χ1n) is 6.77. The summed E-state index contributed by atoms with van der Waals surface area (Å²) in [5.41, 5.74) is 1.44. The normalized spacial score (nSPS) is 24.9. The molecule has 0 heterocycles. The Morgan fingerprint density at radius 1 is 0.810 bits per heavy atom. The number of alkyl halides is 3. The van der Waals surface area contributed by atoms with Crippen molar-refractivity contribution < 1.29 is 17.9 Å². The van der Waals surface area contributed by atoms with Crippen LogP contribution in [0.4, 0.5) is 13.2 Å². The fraction of sp³-hybridized carbons (Fsp3) is 0.294. The maximum absolute atomic E-state index is 12.6. The molecule has 1 aliphatic rings. The zero-order valence-electron chi connectivity index (χ0n) is 11.5. The van der Waals surface area contributed by atoms with Gasteiger partial charge in [-0.25, -0.2) is 0 Å². The van der Waals surface area contributed by atoms with Gasteiger partial charge in [-0.2, -0.15) is 13.2 Å². The van der Waals surface area contributed by atoms with Gasteiger partial charge >= 0.3 is 6.18 Å². The highest BCUT2D eigenvalue weighted by Crippen LogP contribution is 2.56. The first-order chi connectivity index (χ1) is 10.0. The minimum atomic E-state index is -4.29. The van der Waals surface area contributed by atoms with Crippen molar-refractivity contribution in [2.45, 2.75) is 24.1 Å². The number of hydrogen-bond acceptors (Lipinski definition) is 1. The van der Waals surface area contributed by atoms with Crippen molar-refractivity contribution in [1.82, 2.24) is 0 Å². The lowest BCUT2D eigenvalue weighted by Gasteiger charge is -2.07. The second-order valence-electron chi connectivity index (χ2n) is 5.28. The van der Waals surface area contributed by atoms with Gasteiger partial charge in [0.15, 0.2) is 0 Å². The second kappa shape index (κ2) is 5.19. The Balaban J connectivity index is 1.84. The molecule has 1 fully saturated rings. The summed E-state index contributed by atoms with van der Waals surface area (Å²) in [6, 6.07) is 15.3. The molecule has 0 aromatic heterocycles. The van der Waals surface area contributed by atoms with E-state index < -0.39 is 11.7 Å². The highest BCUT2D eigenvalue weighted by atomic mass is 19.4. The third kappa shape index (κ3) is 2.68. The van der Waals surface area contributed by atoms with Crippen molar-refractivity contribution in [3.8, 4) is 0 Å².